The van der Waals surface area contributed by atoms with E-state index in [0.717, 1.165) is 5.92 Å². The SMILES string of the molecule is CC.CC1CCN(C)CC(C)(C)C1.CCCCCC. The first-order chi connectivity index (χ1) is 8.91. The molecule has 0 spiro atoms. The summed E-state index contributed by atoms with van der Waals surface area (Å²) in [5, 5.41) is 0. The molecule has 1 atom stereocenters. The molecule has 1 unspecified atom stereocenters. The molecule has 19 heavy (non-hydrogen) atoms. The predicted octanol–water partition coefficient (Wildman–Crippen LogP) is 5.99. The van der Waals surface area contributed by atoms with E-state index < -0.39 is 0 Å². The lowest BCUT2D eigenvalue weighted by Gasteiger charge is -2.27. The van der Waals surface area contributed by atoms with E-state index in [0.29, 0.717) is 5.41 Å². The number of rotatable bonds is 3. The van der Waals surface area contributed by atoms with Crippen LogP contribution in [0.4, 0.5) is 0 Å². The largest absolute Gasteiger partial charge is 0.306 e. The van der Waals surface area contributed by atoms with Crippen LogP contribution in [0.1, 0.15) is 87.0 Å². The van der Waals surface area contributed by atoms with Gasteiger partial charge in [-0.15, -0.1) is 0 Å². The van der Waals surface area contributed by atoms with E-state index in [2.05, 4.69) is 46.6 Å². The average Bonchev–Trinajstić information content (AvgIpc) is 2.47. The average molecular weight is 272 g/mol. The van der Waals surface area contributed by atoms with Gasteiger partial charge in [0.05, 0.1) is 0 Å². The van der Waals surface area contributed by atoms with Crippen molar-refractivity contribution in [2.24, 2.45) is 11.3 Å². The maximum absolute atomic E-state index is 2.46. The highest BCUT2D eigenvalue weighted by Crippen LogP contribution is 2.30. The fourth-order valence-electron chi connectivity index (χ4n) is 2.86. The van der Waals surface area contributed by atoms with Gasteiger partial charge in [-0.2, -0.15) is 0 Å². The molecule has 0 aromatic carbocycles. The molecule has 0 bridgehead atoms. The third-order valence-corrected chi connectivity index (χ3v) is 3.56. The summed E-state index contributed by atoms with van der Waals surface area (Å²) >= 11 is 0. The standard InChI is InChI=1S/C10H21N.C6H14.C2H6/c1-9-5-6-11(4)8-10(2,3)7-9;1-3-5-6-4-2;1-2/h9H,5-8H2,1-4H3;3-6H2,1-2H3;1-2H3. The van der Waals surface area contributed by atoms with Crippen molar-refractivity contribution < 1.29 is 0 Å². The zero-order valence-corrected chi connectivity index (χ0v) is 15.2. The first-order valence-corrected chi connectivity index (χ1v) is 8.59. The quantitative estimate of drug-likeness (QED) is 0.570. The van der Waals surface area contributed by atoms with Crippen molar-refractivity contribution in [3.63, 3.8) is 0 Å². The van der Waals surface area contributed by atoms with E-state index in [1.165, 1.54) is 51.6 Å². The maximum Gasteiger partial charge on any atom is 0.00297 e. The summed E-state index contributed by atoms with van der Waals surface area (Å²) in [6, 6.07) is 0. The van der Waals surface area contributed by atoms with Crippen molar-refractivity contribution in [1.82, 2.24) is 4.90 Å². The molecule has 0 N–H and O–H groups in total. The minimum Gasteiger partial charge on any atom is -0.306 e. The first-order valence-electron chi connectivity index (χ1n) is 8.59. The Balaban J connectivity index is 0. The Hall–Kier alpha value is -0.0400. The highest BCUT2D eigenvalue weighted by atomic mass is 15.1. The minimum absolute atomic E-state index is 0.532. The molecule has 1 aliphatic heterocycles. The van der Waals surface area contributed by atoms with Crippen LogP contribution in [0.15, 0.2) is 0 Å². The van der Waals surface area contributed by atoms with Crippen molar-refractivity contribution in [2.75, 3.05) is 20.1 Å². The molecule has 0 aromatic heterocycles. The molecule has 0 aromatic rings. The zero-order chi connectivity index (χ0) is 15.3. The molecule has 0 aliphatic carbocycles. The number of nitrogens with zero attached hydrogens (tertiary/aromatic N) is 1. The van der Waals surface area contributed by atoms with Crippen molar-refractivity contribution in [3.8, 4) is 0 Å². The Bertz CT molecular complexity index is 157. The highest BCUT2D eigenvalue weighted by Gasteiger charge is 2.25. The smallest absolute Gasteiger partial charge is 0.00297 e. The normalized spacial score (nSPS) is 22.4. The Labute approximate surface area is 124 Å². The third kappa shape index (κ3) is 14.2. The molecule has 0 amide bonds. The van der Waals surface area contributed by atoms with E-state index in [4.69, 9.17) is 0 Å². The van der Waals surface area contributed by atoms with Gasteiger partial charge >= 0.3 is 0 Å². The molecule has 0 radical (unpaired) electrons. The Morgan fingerprint density at radius 2 is 1.53 bits per heavy atom. The van der Waals surface area contributed by atoms with E-state index >= 15 is 0 Å². The van der Waals surface area contributed by atoms with Crippen molar-refractivity contribution in [1.29, 1.82) is 0 Å². The molecule has 0 saturated carbocycles. The van der Waals surface area contributed by atoms with Gasteiger partial charge in [-0.25, -0.2) is 0 Å². The molecular formula is C18H41N. The van der Waals surface area contributed by atoms with Gasteiger partial charge in [0.15, 0.2) is 0 Å². The lowest BCUT2D eigenvalue weighted by molar-refractivity contribution is 0.222. The summed E-state index contributed by atoms with van der Waals surface area (Å²) in [4.78, 5) is 2.46. The van der Waals surface area contributed by atoms with Gasteiger partial charge in [0.2, 0.25) is 0 Å². The summed E-state index contributed by atoms with van der Waals surface area (Å²) in [7, 11) is 2.24. The summed E-state index contributed by atoms with van der Waals surface area (Å²) in [6.07, 6.45) is 8.30. The van der Waals surface area contributed by atoms with Gasteiger partial charge in [-0.1, -0.05) is 74.1 Å². The topological polar surface area (TPSA) is 3.24 Å². The van der Waals surface area contributed by atoms with Gasteiger partial charge in [-0.05, 0) is 37.8 Å². The van der Waals surface area contributed by atoms with E-state index in [1.54, 1.807) is 0 Å². The van der Waals surface area contributed by atoms with Crippen LogP contribution < -0.4 is 0 Å². The van der Waals surface area contributed by atoms with Crippen LogP contribution in [-0.2, 0) is 0 Å². The fraction of sp³-hybridized carbons (Fsp3) is 1.00. The molecule has 1 fully saturated rings. The van der Waals surface area contributed by atoms with Crippen LogP contribution >= 0.6 is 0 Å². The Morgan fingerprint density at radius 1 is 1.05 bits per heavy atom. The number of likely N-dealkylation sites (tertiary alicyclic amines) is 1. The van der Waals surface area contributed by atoms with Crippen LogP contribution in [0.2, 0.25) is 0 Å². The molecule has 1 saturated heterocycles. The Morgan fingerprint density at radius 3 is 1.95 bits per heavy atom. The van der Waals surface area contributed by atoms with Gasteiger partial charge in [0.25, 0.3) is 0 Å². The zero-order valence-electron chi connectivity index (χ0n) is 15.2. The number of unbranched alkanes of at least 4 members (excludes halogenated alkanes) is 3. The van der Waals surface area contributed by atoms with Crippen molar-refractivity contribution >= 4 is 0 Å². The maximum atomic E-state index is 2.46. The second-order valence-corrected chi connectivity index (χ2v) is 6.71. The second kappa shape index (κ2) is 13.0. The van der Waals surface area contributed by atoms with Crippen molar-refractivity contribution in [2.45, 2.75) is 87.0 Å². The van der Waals surface area contributed by atoms with Gasteiger partial charge in [0, 0.05) is 6.54 Å². The predicted molar refractivity (Wildman–Crippen MR) is 90.8 cm³/mol. The van der Waals surface area contributed by atoms with E-state index in [9.17, 15) is 0 Å². The second-order valence-electron chi connectivity index (χ2n) is 6.71. The lowest BCUT2D eigenvalue weighted by atomic mass is 9.83. The van der Waals surface area contributed by atoms with Crippen LogP contribution in [0.5, 0.6) is 0 Å². The summed E-state index contributed by atoms with van der Waals surface area (Å²) in [5.74, 6) is 0.912. The molecule has 1 rings (SSSR count). The third-order valence-electron chi connectivity index (χ3n) is 3.56. The van der Waals surface area contributed by atoms with Crippen LogP contribution in [0, 0.1) is 11.3 Å². The lowest BCUT2D eigenvalue weighted by Crippen LogP contribution is -2.29. The van der Waals surface area contributed by atoms with Crippen molar-refractivity contribution in [3.05, 3.63) is 0 Å². The monoisotopic (exact) mass is 271 g/mol. The first kappa shape index (κ1) is 21.3. The summed E-state index contributed by atoms with van der Waals surface area (Å²) in [6.45, 7) is 18.1. The minimum atomic E-state index is 0.532. The molecule has 1 heterocycles. The molecule has 1 nitrogen and oxygen atoms in total. The molecular weight excluding hydrogens is 230 g/mol. The van der Waals surface area contributed by atoms with Crippen LogP contribution in [0.25, 0.3) is 0 Å². The Kier molecular flexibility index (Phi) is 14.5. The highest BCUT2D eigenvalue weighted by molar-refractivity contribution is 4.78. The van der Waals surface area contributed by atoms with Gasteiger partial charge in [-0.3, -0.25) is 0 Å². The van der Waals surface area contributed by atoms with Gasteiger partial charge < -0.3 is 4.90 Å². The molecule has 1 heteroatoms. The fourth-order valence-corrected chi connectivity index (χ4v) is 2.86. The van der Waals surface area contributed by atoms with Gasteiger partial charge in [0.1, 0.15) is 0 Å². The summed E-state index contributed by atoms with van der Waals surface area (Å²) < 4.78 is 0. The number of hydrogen-bond donors (Lipinski definition) is 0. The van der Waals surface area contributed by atoms with Crippen LogP contribution in [-0.4, -0.2) is 25.0 Å². The van der Waals surface area contributed by atoms with E-state index in [-0.39, 0.29) is 0 Å². The van der Waals surface area contributed by atoms with E-state index in [1.807, 2.05) is 13.8 Å². The number of hydrogen-bond acceptors (Lipinski definition) is 1. The summed E-state index contributed by atoms with van der Waals surface area (Å²) in [5.41, 5.74) is 0.532. The molecule has 118 valence electrons. The van der Waals surface area contributed by atoms with Crippen LogP contribution in [0.3, 0.4) is 0 Å². The molecule has 1 aliphatic rings.